The molecule has 1 saturated heterocycles. The van der Waals surface area contributed by atoms with Crippen LogP contribution in [0.4, 0.5) is 5.69 Å². The van der Waals surface area contributed by atoms with Crippen molar-refractivity contribution in [1.29, 1.82) is 0 Å². The highest BCUT2D eigenvalue weighted by Crippen LogP contribution is 2.26. The molecule has 100 valence electrons. The van der Waals surface area contributed by atoms with Crippen molar-refractivity contribution in [2.45, 2.75) is 19.0 Å². The summed E-state index contributed by atoms with van der Waals surface area (Å²) >= 11 is 2.05. The minimum Gasteiger partial charge on any atom is -0.398 e. The van der Waals surface area contributed by atoms with Gasteiger partial charge in [0.05, 0.1) is 0 Å². The normalized spacial score (nSPS) is 19.4. The van der Waals surface area contributed by atoms with E-state index in [1.807, 2.05) is 0 Å². The number of nitrogens with two attached hydrogens (primary N) is 1. The highest BCUT2D eigenvalue weighted by molar-refractivity contribution is 7.99. The van der Waals surface area contributed by atoms with Gasteiger partial charge in [0, 0.05) is 24.0 Å². The van der Waals surface area contributed by atoms with Gasteiger partial charge in [0.15, 0.2) is 0 Å². The first-order chi connectivity index (χ1) is 9.24. The summed E-state index contributed by atoms with van der Waals surface area (Å²) in [6.45, 7) is 0.946. The number of hydrogen-bond acceptors (Lipinski definition) is 3. The monoisotopic (exact) mass is 272 g/mol. The lowest BCUT2D eigenvalue weighted by Crippen LogP contribution is -2.31. The molecule has 0 spiro atoms. The second kappa shape index (κ2) is 5.43. The maximum absolute atomic E-state index is 6.20. The van der Waals surface area contributed by atoms with E-state index in [0.717, 1.165) is 12.2 Å². The van der Waals surface area contributed by atoms with Crippen LogP contribution in [-0.2, 0) is 6.54 Å². The number of benzene rings is 2. The Bertz CT molecular complexity index is 576. The van der Waals surface area contributed by atoms with Crippen molar-refractivity contribution in [3.63, 3.8) is 0 Å². The van der Waals surface area contributed by atoms with Crippen LogP contribution in [0, 0.1) is 0 Å². The highest BCUT2D eigenvalue weighted by atomic mass is 32.2. The van der Waals surface area contributed by atoms with Crippen LogP contribution in [0.2, 0.25) is 0 Å². The molecule has 0 bridgehead atoms. The van der Waals surface area contributed by atoms with Crippen molar-refractivity contribution in [2.24, 2.45) is 0 Å². The van der Waals surface area contributed by atoms with Crippen molar-refractivity contribution in [3.8, 4) is 0 Å². The van der Waals surface area contributed by atoms with Gasteiger partial charge in [-0.25, -0.2) is 0 Å². The van der Waals surface area contributed by atoms with E-state index >= 15 is 0 Å². The third-order valence-electron chi connectivity index (χ3n) is 3.96. The van der Waals surface area contributed by atoms with Crippen molar-refractivity contribution in [1.82, 2.24) is 4.90 Å². The van der Waals surface area contributed by atoms with Gasteiger partial charge in [0.2, 0.25) is 0 Å². The zero-order valence-electron chi connectivity index (χ0n) is 11.3. The number of hydrogen-bond donors (Lipinski definition) is 1. The molecule has 2 N–H and O–H groups in total. The molecule has 3 heteroatoms. The van der Waals surface area contributed by atoms with Crippen molar-refractivity contribution < 1.29 is 0 Å². The van der Waals surface area contributed by atoms with Gasteiger partial charge in [0.1, 0.15) is 0 Å². The van der Waals surface area contributed by atoms with Crippen LogP contribution in [0.25, 0.3) is 10.8 Å². The minimum absolute atomic E-state index is 0.705. The summed E-state index contributed by atoms with van der Waals surface area (Å²) in [5, 5.41) is 2.50. The van der Waals surface area contributed by atoms with Gasteiger partial charge in [-0.05, 0) is 47.7 Å². The Kier molecular flexibility index (Phi) is 3.67. The lowest BCUT2D eigenvalue weighted by Gasteiger charge is -2.24. The molecule has 0 radical (unpaired) electrons. The van der Waals surface area contributed by atoms with Gasteiger partial charge in [0.25, 0.3) is 0 Å². The first kappa shape index (κ1) is 12.8. The van der Waals surface area contributed by atoms with Gasteiger partial charge in [-0.15, -0.1) is 0 Å². The molecule has 0 aliphatic carbocycles. The third-order valence-corrected chi connectivity index (χ3v) is 5.10. The van der Waals surface area contributed by atoms with E-state index in [1.54, 1.807) is 0 Å². The fourth-order valence-corrected chi connectivity index (χ4v) is 4.01. The number of anilines is 1. The van der Waals surface area contributed by atoms with Gasteiger partial charge in [-0.3, -0.25) is 4.90 Å². The van der Waals surface area contributed by atoms with Crippen molar-refractivity contribution in [3.05, 3.63) is 42.0 Å². The molecule has 1 aliphatic rings. The molecular weight excluding hydrogens is 252 g/mol. The smallest absolute Gasteiger partial charge is 0.0366 e. The van der Waals surface area contributed by atoms with Crippen LogP contribution in [0.1, 0.15) is 12.0 Å². The molecule has 3 rings (SSSR count). The third kappa shape index (κ3) is 2.72. The fourth-order valence-electron chi connectivity index (χ4n) is 2.71. The van der Waals surface area contributed by atoms with Crippen molar-refractivity contribution >= 4 is 28.2 Å². The summed E-state index contributed by atoms with van der Waals surface area (Å²) < 4.78 is 0. The summed E-state index contributed by atoms with van der Waals surface area (Å²) in [5.74, 6) is 2.55. The standard InChI is InChI=1S/C16H20N2S/c1-18(15-6-7-19-11-15)10-14-8-12-4-2-3-5-13(12)9-16(14)17/h2-5,8-9,15H,6-7,10-11,17H2,1H3. The Balaban J connectivity index is 1.85. The predicted octanol–water partition coefficient (Wildman–Crippen LogP) is 3.36. The Labute approximate surface area is 119 Å². The van der Waals surface area contributed by atoms with E-state index in [4.69, 9.17) is 5.73 Å². The molecule has 0 aromatic heterocycles. The molecule has 19 heavy (non-hydrogen) atoms. The van der Waals surface area contributed by atoms with E-state index in [2.05, 4.69) is 60.1 Å². The maximum Gasteiger partial charge on any atom is 0.0366 e. The van der Waals surface area contributed by atoms with E-state index in [9.17, 15) is 0 Å². The number of fused-ring (bicyclic) bond motifs is 1. The predicted molar refractivity (Wildman–Crippen MR) is 85.6 cm³/mol. The average Bonchev–Trinajstić information content (AvgIpc) is 2.93. The lowest BCUT2D eigenvalue weighted by molar-refractivity contribution is 0.255. The summed E-state index contributed by atoms with van der Waals surface area (Å²) in [6.07, 6.45) is 1.30. The maximum atomic E-state index is 6.20. The molecule has 2 aromatic rings. The molecule has 1 aliphatic heterocycles. The van der Waals surface area contributed by atoms with Crippen LogP contribution >= 0.6 is 11.8 Å². The molecule has 1 fully saturated rings. The van der Waals surface area contributed by atoms with Crippen LogP contribution in [0.15, 0.2) is 36.4 Å². The first-order valence-corrected chi connectivity index (χ1v) is 7.94. The zero-order chi connectivity index (χ0) is 13.2. The summed E-state index contributed by atoms with van der Waals surface area (Å²) in [7, 11) is 2.21. The van der Waals surface area contributed by atoms with Crippen LogP contribution < -0.4 is 5.73 Å². The quantitative estimate of drug-likeness (QED) is 0.869. The Morgan fingerprint density at radius 2 is 2.00 bits per heavy atom. The second-order valence-corrected chi connectivity index (χ2v) is 6.48. The van der Waals surface area contributed by atoms with E-state index in [0.29, 0.717) is 6.04 Å². The zero-order valence-corrected chi connectivity index (χ0v) is 12.1. The van der Waals surface area contributed by atoms with Crippen LogP contribution in [0.3, 0.4) is 0 Å². The SMILES string of the molecule is CN(Cc1cc2ccccc2cc1N)C1CCSC1. The molecule has 1 heterocycles. The van der Waals surface area contributed by atoms with Gasteiger partial charge in [-0.1, -0.05) is 24.3 Å². The number of rotatable bonds is 3. The number of thioether (sulfide) groups is 1. The number of nitrogens with zero attached hydrogens (tertiary/aromatic N) is 1. The Morgan fingerprint density at radius 1 is 1.26 bits per heavy atom. The Hall–Kier alpha value is -1.19. The summed E-state index contributed by atoms with van der Waals surface area (Å²) in [5.41, 5.74) is 8.36. The van der Waals surface area contributed by atoms with Gasteiger partial charge in [-0.2, -0.15) is 11.8 Å². The van der Waals surface area contributed by atoms with E-state index in [-0.39, 0.29) is 0 Å². The molecule has 2 aromatic carbocycles. The van der Waals surface area contributed by atoms with E-state index < -0.39 is 0 Å². The summed E-state index contributed by atoms with van der Waals surface area (Å²) in [6, 6.07) is 13.5. The lowest BCUT2D eigenvalue weighted by atomic mass is 10.0. The van der Waals surface area contributed by atoms with Gasteiger partial charge < -0.3 is 5.73 Å². The molecule has 0 amide bonds. The highest BCUT2D eigenvalue weighted by Gasteiger charge is 2.20. The molecule has 2 nitrogen and oxygen atoms in total. The van der Waals surface area contributed by atoms with E-state index in [1.165, 1.54) is 34.3 Å². The second-order valence-electron chi connectivity index (χ2n) is 5.33. The van der Waals surface area contributed by atoms with Crippen LogP contribution in [-0.4, -0.2) is 29.5 Å². The van der Waals surface area contributed by atoms with Gasteiger partial charge >= 0.3 is 0 Å². The molecule has 1 atom stereocenters. The minimum atomic E-state index is 0.705. The van der Waals surface area contributed by atoms with Crippen LogP contribution in [0.5, 0.6) is 0 Å². The molecule has 1 unspecified atom stereocenters. The fraction of sp³-hybridized carbons (Fsp3) is 0.375. The Morgan fingerprint density at radius 3 is 2.68 bits per heavy atom. The first-order valence-electron chi connectivity index (χ1n) is 6.79. The summed E-state index contributed by atoms with van der Waals surface area (Å²) in [4.78, 5) is 2.44. The molecule has 0 saturated carbocycles. The topological polar surface area (TPSA) is 29.3 Å². The molecular formula is C16H20N2S. The van der Waals surface area contributed by atoms with Crippen molar-refractivity contribution in [2.75, 3.05) is 24.3 Å². The number of nitrogen functional groups attached to an aromatic ring is 1. The average molecular weight is 272 g/mol. The largest absolute Gasteiger partial charge is 0.398 e.